The number of carbonyl (C=O) groups is 1. The molecule has 19 nitrogen and oxygen atoms in total. The van der Waals surface area contributed by atoms with Crippen LogP contribution >= 0.6 is 0 Å². The van der Waals surface area contributed by atoms with Crippen molar-refractivity contribution in [3.8, 4) is 0 Å². The molecule has 5 N–H and O–H groups in total. The van der Waals surface area contributed by atoms with E-state index in [-0.39, 0.29) is 11.5 Å². The summed E-state index contributed by atoms with van der Waals surface area (Å²) >= 11 is 0. The number of carbonyl (C=O) groups excluding carboxylic acids is 1. The largest absolute Gasteiger partial charge is 0.398 e. The molecule has 0 atom stereocenters. The summed E-state index contributed by atoms with van der Waals surface area (Å²) in [7, 11) is 3.86. The number of aromatic nitrogens is 13. The fourth-order valence-electron chi connectivity index (χ4n) is 7.29. The van der Waals surface area contributed by atoms with Crippen molar-refractivity contribution in [1.82, 2.24) is 63.4 Å². The number of nitrogens with zero attached hydrogens (tertiary/aromatic N) is 14. The number of nitrogens with one attached hydrogen (secondary N) is 1. The number of H-pyrrole nitrogens is 1. The van der Waals surface area contributed by atoms with Crippen LogP contribution in [0.4, 0.5) is 23.1 Å². The van der Waals surface area contributed by atoms with Crippen LogP contribution in [0.15, 0.2) is 84.0 Å². The molecule has 10 rings (SSSR count). The van der Waals surface area contributed by atoms with Gasteiger partial charge in [0.1, 0.15) is 11.0 Å². The second-order valence-electron chi connectivity index (χ2n) is 17.8. The molecule has 1 aliphatic carbocycles. The first-order valence-corrected chi connectivity index (χ1v) is 22.4. The van der Waals surface area contributed by atoms with Gasteiger partial charge < -0.3 is 35.1 Å². The second kappa shape index (κ2) is 21.2. The molecule has 19 heteroatoms. The Labute approximate surface area is 390 Å². The normalized spacial score (nSPS) is 12.7. The summed E-state index contributed by atoms with van der Waals surface area (Å²) in [6, 6.07) is 6.55. The Morgan fingerprint density at radius 1 is 0.687 bits per heavy atom. The van der Waals surface area contributed by atoms with E-state index in [1.165, 1.54) is 15.8 Å². The molecule has 0 amide bonds. The fourth-order valence-corrected chi connectivity index (χ4v) is 7.29. The van der Waals surface area contributed by atoms with Crippen LogP contribution in [0, 0.1) is 5.92 Å². The molecule has 0 fully saturated rings. The topological polar surface area (TPSA) is 240 Å². The van der Waals surface area contributed by atoms with E-state index in [4.69, 9.17) is 11.5 Å². The number of hydrogen-bond acceptors (Lipinski definition) is 14. The van der Waals surface area contributed by atoms with Crippen LogP contribution in [0.3, 0.4) is 0 Å². The zero-order valence-corrected chi connectivity index (χ0v) is 40.5. The smallest absolute Gasteiger partial charge is 0.276 e. The lowest BCUT2D eigenvalue weighted by Gasteiger charge is -2.11. The Morgan fingerprint density at radius 2 is 1.33 bits per heavy atom. The van der Waals surface area contributed by atoms with Gasteiger partial charge in [0.2, 0.25) is 5.95 Å². The average molecular weight is 910 g/mol. The number of hydrogen-bond donors (Lipinski definition) is 3. The molecule has 352 valence electrons. The SMILES string of the molecule is CC(C)C1=CCc2c(N)ccnc21.CC(C)c1cnn2c1N=CCC2=O.CC(C)n1cnc2c(=O)[nH]ccc21.CC(C)n1cnc2c(N)ccnc21.CC(C)n1cnc2cnc(N(C)C)nc21. The number of anilines is 3. The molecule has 0 saturated heterocycles. The molecular weight excluding hydrogens is 847 g/mol. The highest BCUT2D eigenvalue weighted by molar-refractivity contribution is 5.96. The van der Waals surface area contributed by atoms with Crippen molar-refractivity contribution in [3.05, 3.63) is 101 Å². The zero-order chi connectivity index (χ0) is 48.7. The number of allylic oxidation sites excluding steroid dienone is 2. The first-order valence-electron chi connectivity index (χ1n) is 22.4. The van der Waals surface area contributed by atoms with E-state index in [0.29, 0.717) is 59.4 Å². The minimum Gasteiger partial charge on any atom is -0.398 e. The Morgan fingerprint density at radius 3 is 2.00 bits per heavy atom. The highest BCUT2D eigenvalue weighted by Gasteiger charge is 2.21. The second-order valence-corrected chi connectivity index (χ2v) is 17.8. The lowest BCUT2D eigenvalue weighted by Crippen LogP contribution is -2.15. The summed E-state index contributed by atoms with van der Waals surface area (Å²) in [5, 5.41) is 4.01. The van der Waals surface area contributed by atoms with Gasteiger partial charge >= 0.3 is 0 Å². The molecule has 0 aromatic carbocycles. The minimum absolute atomic E-state index is 0.00287. The maximum Gasteiger partial charge on any atom is 0.276 e. The van der Waals surface area contributed by atoms with Crippen LogP contribution in [-0.2, 0) is 6.42 Å². The number of nitrogens with two attached hydrogens (primary N) is 2. The van der Waals surface area contributed by atoms with Crippen LogP contribution in [0.1, 0.15) is 121 Å². The summed E-state index contributed by atoms with van der Waals surface area (Å²) < 4.78 is 7.41. The van der Waals surface area contributed by atoms with Crippen LogP contribution in [0.5, 0.6) is 0 Å². The monoisotopic (exact) mass is 910 g/mol. The maximum atomic E-state index is 11.3. The van der Waals surface area contributed by atoms with Crippen molar-refractivity contribution in [2.45, 2.75) is 106 Å². The van der Waals surface area contributed by atoms with Gasteiger partial charge in [-0.1, -0.05) is 33.8 Å². The quantitative estimate of drug-likeness (QED) is 0.142. The summed E-state index contributed by atoms with van der Waals surface area (Å²) in [6.45, 7) is 21.0. The molecule has 9 heterocycles. The van der Waals surface area contributed by atoms with Crippen LogP contribution < -0.4 is 21.9 Å². The lowest BCUT2D eigenvalue weighted by atomic mass is 10.0. The van der Waals surface area contributed by atoms with E-state index in [0.717, 1.165) is 51.2 Å². The standard InChI is InChI=1S/C11H14N2.C10H15N5.C9H12N4.2C9H11N3O/c1-7(2)8-3-4-9-10(12)5-6-13-11(8)9;1-7(2)15-6-12-8-5-11-10(14(3)4)13-9(8)15;1-6(2)13-5-12-8-7(10)3-4-11-9(8)13;1-6(2)7-5-11-12-8(13)3-4-10-9(7)12;1-6(2)12-5-11-8-7(12)3-4-10-9(8)13/h3,5-7H,4H2,1-2H3,(H2,12,13);5-7H,1-4H3;3-6H,1-2H3,(H2,10,11);4-6H,3H2,1-2H3;3-6H,1-2H3,(H,10,13). The van der Waals surface area contributed by atoms with Crippen molar-refractivity contribution in [2.24, 2.45) is 10.9 Å². The molecular formula is C48H63N17O2. The number of rotatable bonds is 6. The molecule has 8 aromatic heterocycles. The predicted molar refractivity (Wildman–Crippen MR) is 268 cm³/mol. The zero-order valence-electron chi connectivity index (χ0n) is 40.5. The summed E-state index contributed by atoms with van der Waals surface area (Å²) in [4.78, 5) is 61.1. The molecule has 67 heavy (non-hydrogen) atoms. The van der Waals surface area contributed by atoms with Gasteiger partial charge in [0.05, 0.1) is 54.7 Å². The third kappa shape index (κ3) is 10.9. The number of aromatic amines is 1. The van der Waals surface area contributed by atoms with Gasteiger partial charge in [-0.05, 0) is 83.6 Å². The number of nitrogen functional groups attached to an aromatic ring is 2. The fraction of sp³-hybridized carbons (Fsp3) is 0.396. The summed E-state index contributed by atoms with van der Waals surface area (Å²) in [6.07, 6.45) is 19.1. The van der Waals surface area contributed by atoms with E-state index >= 15 is 0 Å². The number of pyridine rings is 3. The van der Waals surface area contributed by atoms with Gasteiger partial charge in [0, 0.05) is 73.8 Å². The van der Waals surface area contributed by atoms with Gasteiger partial charge in [0.25, 0.3) is 11.5 Å². The Hall–Kier alpha value is -7.57. The lowest BCUT2D eigenvalue weighted by molar-refractivity contribution is 0.0907. The summed E-state index contributed by atoms with van der Waals surface area (Å²) in [5.74, 6) is 2.30. The first kappa shape index (κ1) is 48.9. The van der Waals surface area contributed by atoms with Gasteiger partial charge in [-0.2, -0.15) is 14.8 Å². The predicted octanol–water partition coefficient (Wildman–Crippen LogP) is 8.39. The number of imidazole rings is 3. The molecule has 0 bridgehead atoms. The van der Waals surface area contributed by atoms with E-state index in [1.54, 1.807) is 55.9 Å². The van der Waals surface area contributed by atoms with Gasteiger partial charge in [-0.25, -0.2) is 29.9 Å². The molecule has 0 spiro atoms. The third-order valence-corrected chi connectivity index (χ3v) is 11.0. The third-order valence-electron chi connectivity index (χ3n) is 11.0. The van der Waals surface area contributed by atoms with Crippen molar-refractivity contribution in [3.63, 3.8) is 0 Å². The highest BCUT2D eigenvalue weighted by Crippen LogP contribution is 2.33. The Balaban J connectivity index is 0.000000138. The van der Waals surface area contributed by atoms with Crippen LogP contribution in [-0.4, -0.2) is 89.6 Å². The summed E-state index contributed by atoms with van der Waals surface area (Å²) in [5.41, 5.74) is 22.5. The van der Waals surface area contributed by atoms with Gasteiger partial charge in [-0.3, -0.25) is 14.6 Å². The van der Waals surface area contributed by atoms with Crippen molar-refractivity contribution in [1.29, 1.82) is 0 Å². The van der Waals surface area contributed by atoms with Crippen LogP contribution in [0.25, 0.3) is 38.9 Å². The minimum atomic E-state index is -0.128. The molecule has 0 unspecified atom stereocenters. The van der Waals surface area contributed by atoms with E-state index in [2.05, 4.69) is 125 Å². The maximum absolute atomic E-state index is 11.3. The van der Waals surface area contributed by atoms with Crippen molar-refractivity contribution in [2.75, 3.05) is 30.5 Å². The Kier molecular flexibility index (Phi) is 15.4. The number of fused-ring (bicyclic) bond motifs is 5. The first-order chi connectivity index (χ1) is 31.9. The average Bonchev–Trinajstić information content (AvgIpc) is 4.14. The van der Waals surface area contributed by atoms with Crippen molar-refractivity contribution >= 4 is 74.2 Å². The van der Waals surface area contributed by atoms with E-state index in [9.17, 15) is 9.59 Å². The van der Waals surface area contributed by atoms with Crippen LogP contribution in [0.2, 0.25) is 0 Å². The van der Waals surface area contributed by atoms with E-state index < -0.39 is 0 Å². The highest BCUT2D eigenvalue weighted by atomic mass is 16.2. The van der Waals surface area contributed by atoms with Gasteiger partial charge in [0.15, 0.2) is 22.6 Å². The van der Waals surface area contributed by atoms with Gasteiger partial charge in [-0.15, -0.1) is 0 Å². The number of aliphatic imine (C=N–C) groups is 1. The molecule has 1 aliphatic heterocycles. The van der Waals surface area contributed by atoms with Crippen molar-refractivity contribution < 1.29 is 4.79 Å². The molecule has 0 radical (unpaired) electrons. The molecule has 0 saturated carbocycles. The molecule has 2 aliphatic rings. The Bertz CT molecular complexity index is 3090. The molecule has 8 aromatic rings. The van der Waals surface area contributed by atoms with E-state index in [1.807, 2.05) is 51.2 Å².